The van der Waals surface area contributed by atoms with Gasteiger partial charge in [-0.05, 0) is 58.2 Å². The van der Waals surface area contributed by atoms with E-state index in [1.54, 1.807) is 0 Å². The second-order valence-corrected chi connectivity index (χ2v) is 12.2. The lowest BCUT2D eigenvalue weighted by Gasteiger charge is -2.52. The van der Waals surface area contributed by atoms with Crippen molar-refractivity contribution in [2.24, 2.45) is 35.3 Å². The number of hydrogen-bond donors (Lipinski definition) is 5. The van der Waals surface area contributed by atoms with Crippen LogP contribution in [0.2, 0.25) is 0 Å². The number of halogens is 1. The van der Waals surface area contributed by atoms with E-state index in [0.29, 0.717) is 12.5 Å². The topological polar surface area (TPSA) is 196 Å². The average molecular weight is 587 g/mol. The van der Waals surface area contributed by atoms with Crippen LogP contribution in [0.15, 0.2) is 6.07 Å². The number of carbonyl (C=O) groups excluding carboxylic acids is 6. The molecule has 6 atom stereocenters. The van der Waals surface area contributed by atoms with Crippen LogP contribution in [0, 0.1) is 35.4 Å². The maximum Gasteiger partial charge on any atom is 0.238 e. The van der Waals surface area contributed by atoms with Crippen LogP contribution >= 0.6 is 0 Å². The molecule has 1 aromatic rings. The Kier molecular flexibility index (Phi) is 7.79. The number of nitrogens with zero attached hydrogens (tertiary/aromatic N) is 1. The average Bonchev–Trinajstić information content (AvgIpc) is 3.42. The lowest BCUT2D eigenvalue weighted by atomic mass is 9.52. The number of phenols is 1. The van der Waals surface area contributed by atoms with Crippen molar-refractivity contribution in [3.05, 3.63) is 23.0 Å². The molecule has 3 fully saturated rings. The van der Waals surface area contributed by atoms with Gasteiger partial charge in [0.15, 0.2) is 34.7 Å². The Morgan fingerprint density at radius 1 is 1.14 bits per heavy atom. The molecule has 0 bridgehead atoms. The van der Waals surface area contributed by atoms with Crippen LogP contribution in [0.5, 0.6) is 5.75 Å². The summed E-state index contributed by atoms with van der Waals surface area (Å²) >= 11 is 0. The second kappa shape index (κ2) is 10.9. The number of fused-ring (bicyclic) bond motifs is 3. The maximum atomic E-state index is 15.4. The van der Waals surface area contributed by atoms with Gasteiger partial charge in [0.2, 0.25) is 11.8 Å². The number of hydrogen-bond acceptors (Lipinski definition) is 10. The summed E-state index contributed by atoms with van der Waals surface area (Å²) in [5.74, 6) is -13.5. The Balaban J connectivity index is 1.45. The number of primary amides is 1. The minimum atomic E-state index is -2.87. The van der Waals surface area contributed by atoms with Gasteiger partial charge in [0.1, 0.15) is 11.6 Å². The van der Waals surface area contributed by atoms with Gasteiger partial charge in [-0.1, -0.05) is 12.8 Å². The highest BCUT2D eigenvalue weighted by Crippen LogP contribution is 2.51. The zero-order valence-electron chi connectivity index (χ0n) is 23.4. The van der Waals surface area contributed by atoms with Crippen LogP contribution < -0.4 is 16.4 Å². The van der Waals surface area contributed by atoms with Gasteiger partial charge >= 0.3 is 0 Å². The Bertz CT molecular complexity index is 1390. The van der Waals surface area contributed by atoms with Gasteiger partial charge in [0.05, 0.1) is 29.8 Å². The fraction of sp³-hybridized carbons (Fsp3) is 0.586. The molecule has 3 saturated carbocycles. The molecule has 2 amide bonds. The van der Waals surface area contributed by atoms with Crippen molar-refractivity contribution in [2.45, 2.75) is 50.2 Å². The molecule has 0 radical (unpaired) electrons. The molecular formula is C29H35FN4O8. The van der Waals surface area contributed by atoms with Gasteiger partial charge in [-0.25, -0.2) is 4.39 Å². The van der Waals surface area contributed by atoms with Crippen LogP contribution in [0.25, 0.3) is 0 Å². The molecular weight excluding hydrogens is 551 g/mol. The largest absolute Gasteiger partial charge is 0.505 e. The fourth-order valence-corrected chi connectivity index (χ4v) is 7.52. The summed E-state index contributed by atoms with van der Waals surface area (Å²) < 4.78 is 15.4. The Hall–Kier alpha value is -3.55. The van der Waals surface area contributed by atoms with Crippen molar-refractivity contribution in [2.75, 3.05) is 32.5 Å². The molecule has 12 nitrogen and oxygen atoms in total. The molecule has 1 aromatic carbocycles. The summed E-state index contributed by atoms with van der Waals surface area (Å²) in [5.41, 5.74) is 1.40. The molecule has 226 valence electrons. The number of Topliss-reactive ketones (excluding diaryl/α,β-unsaturated/α-hetero) is 4. The molecule has 0 spiro atoms. The number of aliphatic hydroxyl groups is 1. The molecule has 2 unspecified atom stereocenters. The van der Waals surface area contributed by atoms with Crippen molar-refractivity contribution < 1.29 is 43.4 Å². The molecule has 0 heterocycles. The Morgan fingerprint density at radius 2 is 1.81 bits per heavy atom. The third kappa shape index (κ3) is 4.63. The normalized spacial score (nSPS) is 31.1. The number of amides is 2. The smallest absolute Gasteiger partial charge is 0.238 e. The van der Waals surface area contributed by atoms with Crippen LogP contribution in [-0.4, -0.2) is 88.9 Å². The Labute approximate surface area is 241 Å². The first-order valence-corrected chi connectivity index (χ1v) is 14.2. The lowest BCUT2D eigenvalue weighted by molar-refractivity contribution is -0.181. The number of benzene rings is 1. The molecule has 6 N–H and O–H groups in total. The van der Waals surface area contributed by atoms with Crippen LogP contribution in [0.1, 0.15) is 48.0 Å². The van der Waals surface area contributed by atoms with Gasteiger partial charge in [0, 0.05) is 17.5 Å². The Morgan fingerprint density at radius 3 is 2.43 bits per heavy atom. The molecule has 42 heavy (non-hydrogen) atoms. The third-order valence-corrected chi connectivity index (χ3v) is 9.47. The summed E-state index contributed by atoms with van der Waals surface area (Å²) in [6.45, 7) is 0.538. The van der Waals surface area contributed by atoms with E-state index in [0.717, 1.165) is 31.7 Å². The van der Waals surface area contributed by atoms with Gasteiger partial charge in [-0.2, -0.15) is 0 Å². The van der Waals surface area contributed by atoms with Crippen molar-refractivity contribution in [3.8, 4) is 5.75 Å². The summed E-state index contributed by atoms with van der Waals surface area (Å²) in [5, 5.41) is 28.0. The van der Waals surface area contributed by atoms with E-state index in [1.807, 2.05) is 0 Å². The summed E-state index contributed by atoms with van der Waals surface area (Å²) in [7, 11) is 2.96. The van der Waals surface area contributed by atoms with E-state index in [4.69, 9.17) is 5.73 Å². The molecule has 13 heteroatoms. The van der Waals surface area contributed by atoms with E-state index < -0.39 is 87.4 Å². The fourth-order valence-electron chi connectivity index (χ4n) is 7.52. The summed E-state index contributed by atoms with van der Waals surface area (Å²) in [6, 6.07) is -0.338. The molecule has 0 saturated heterocycles. The van der Waals surface area contributed by atoms with E-state index in [-0.39, 0.29) is 30.6 Å². The minimum absolute atomic E-state index is 0.102. The maximum absolute atomic E-state index is 15.4. The molecule has 4 aliphatic rings. The number of carbonyl (C=O) groups is 6. The quantitative estimate of drug-likeness (QED) is 0.209. The van der Waals surface area contributed by atoms with Gasteiger partial charge in [0.25, 0.3) is 0 Å². The van der Waals surface area contributed by atoms with E-state index in [1.165, 1.54) is 19.0 Å². The van der Waals surface area contributed by atoms with Crippen LogP contribution in [-0.2, 0) is 30.4 Å². The van der Waals surface area contributed by atoms with E-state index in [9.17, 15) is 39.0 Å². The van der Waals surface area contributed by atoms with Crippen molar-refractivity contribution in [1.29, 1.82) is 0 Å². The summed E-state index contributed by atoms with van der Waals surface area (Å²) in [6.07, 6.45) is 4.05. The lowest BCUT2D eigenvalue weighted by Crippen LogP contribution is -2.74. The zero-order valence-corrected chi connectivity index (χ0v) is 23.4. The highest BCUT2D eigenvalue weighted by molar-refractivity contribution is 6.32. The zero-order chi connectivity index (χ0) is 30.7. The first-order valence-electron chi connectivity index (χ1n) is 14.2. The molecule has 5 rings (SSSR count). The minimum Gasteiger partial charge on any atom is -0.505 e. The number of aromatic hydroxyl groups is 1. The van der Waals surface area contributed by atoms with Gasteiger partial charge in [-0.3, -0.25) is 33.7 Å². The molecule has 0 aromatic heterocycles. The first kappa shape index (κ1) is 29.9. The molecule has 4 aliphatic carbocycles. The molecule has 0 aliphatic heterocycles. The van der Waals surface area contributed by atoms with E-state index in [2.05, 4.69) is 10.6 Å². The van der Waals surface area contributed by atoms with E-state index >= 15 is 4.39 Å². The highest BCUT2D eigenvalue weighted by Gasteiger charge is 2.69. The SMILES string of the molecule is CN(C)[C@@H]1C(=O)C(C(N)=O)C(=O)[C@@]2(O)C(=O)C3C(=O)c4c(O)c(NC(=O)CNCC5CCCC5)cc(F)c4C[C@H]3C[C@@H]12. The number of likely N-dealkylation sites (N-methyl/N-ethyl adjacent to an activating group) is 1. The van der Waals surface area contributed by atoms with Gasteiger partial charge < -0.3 is 26.6 Å². The number of anilines is 1. The number of nitrogens with two attached hydrogens (primary N) is 1. The predicted octanol–water partition coefficient (Wildman–Crippen LogP) is -0.276. The van der Waals surface area contributed by atoms with Crippen molar-refractivity contribution in [1.82, 2.24) is 10.2 Å². The standard InChI is InChI=1S/C29H35FN4O8/c1-34(2)22-15-8-13-7-14-16(30)9-17(33-18(35)11-32-10-12-5-3-4-6-12)23(36)20(14)24(37)19(13)26(39)29(15,42)27(40)21(25(22)38)28(31)41/h9,12-13,15,19,21-22,32,36,42H,3-8,10-11H2,1-2H3,(H2,31,41)(H,33,35)/t13-,15-,19?,21?,22-,29-/m0/s1. The van der Waals surface area contributed by atoms with Crippen molar-refractivity contribution >= 4 is 40.6 Å². The number of nitrogens with one attached hydrogen (secondary N) is 2. The summed E-state index contributed by atoms with van der Waals surface area (Å²) in [4.78, 5) is 80.0. The van der Waals surface area contributed by atoms with Crippen LogP contribution in [0.4, 0.5) is 10.1 Å². The second-order valence-electron chi connectivity index (χ2n) is 12.2. The predicted molar refractivity (Wildman–Crippen MR) is 145 cm³/mol. The van der Waals surface area contributed by atoms with Gasteiger partial charge in [-0.15, -0.1) is 0 Å². The third-order valence-electron chi connectivity index (χ3n) is 9.47. The number of rotatable bonds is 7. The first-order chi connectivity index (χ1) is 19.8. The number of ketones is 4. The highest BCUT2D eigenvalue weighted by atomic mass is 19.1. The van der Waals surface area contributed by atoms with Crippen molar-refractivity contribution in [3.63, 3.8) is 0 Å². The van der Waals surface area contributed by atoms with Crippen LogP contribution in [0.3, 0.4) is 0 Å². The monoisotopic (exact) mass is 586 g/mol. The number of phenolic OH excluding ortho intramolecular Hbond substituents is 1.